The quantitative estimate of drug-likeness (QED) is 0.700. The zero-order chi connectivity index (χ0) is 23.6. The van der Waals surface area contributed by atoms with Crippen molar-refractivity contribution >= 4 is 39.3 Å². The lowest BCUT2D eigenvalue weighted by Gasteiger charge is -2.33. The molecule has 0 unspecified atom stereocenters. The Morgan fingerprint density at radius 3 is 2.45 bits per heavy atom. The van der Waals surface area contributed by atoms with Crippen LogP contribution in [0.4, 0.5) is 5.69 Å². The topological polar surface area (TPSA) is 86.8 Å². The third kappa shape index (κ3) is 5.26. The summed E-state index contributed by atoms with van der Waals surface area (Å²) in [6.45, 7) is 5.17. The number of thioether (sulfide) groups is 1. The SMILES string of the molecule is CC(=O)N1C[C@@H](C)Sc2ccc(S(=O)(=O)N3CCC(C(=O)NCc4ccccc4)CC3)cc21. The van der Waals surface area contributed by atoms with Gasteiger partial charge in [-0.15, -0.1) is 11.8 Å². The van der Waals surface area contributed by atoms with Crippen LogP contribution in [0.3, 0.4) is 0 Å². The third-order valence-electron chi connectivity index (χ3n) is 6.14. The molecule has 2 amide bonds. The van der Waals surface area contributed by atoms with E-state index in [1.165, 1.54) is 11.2 Å². The number of hydrogen-bond donors (Lipinski definition) is 1. The van der Waals surface area contributed by atoms with Gasteiger partial charge in [0.1, 0.15) is 0 Å². The van der Waals surface area contributed by atoms with Crippen molar-refractivity contribution < 1.29 is 18.0 Å². The third-order valence-corrected chi connectivity index (χ3v) is 9.19. The molecule has 9 heteroatoms. The number of amides is 2. The number of sulfonamides is 1. The molecule has 2 aliphatic rings. The summed E-state index contributed by atoms with van der Waals surface area (Å²) in [4.78, 5) is 27.5. The Morgan fingerprint density at radius 1 is 1.09 bits per heavy atom. The molecule has 1 saturated heterocycles. The number of rotatable bonds is 5. The van der Waals surface area contributed by atoms with Crippen molar-refractivity contribution in [2.45, 2.75) is 48.3 Å². The summed E-state index contributed by atoms with van der Waals surface area (Å²) in [6, 6.07) is 14.7. The molecule has 1 atom stereocenters. The molecule has 176 valence electrons. The van der Waals surface area contributed by atoms with Gasteiger partial charge in [0, 0.05) is 49.2 Å². The lowest BCUT2D eigenvalue weighted by molar-refractivity contribution is -0.126. The van der Waals surface area contributed by atoms with Crippen LogP contribution in [-0.2, 0) is 26.2 Å². The zero-order valence-electron chi connectivity index (χ0n) is 18.9. The summed E-state index contributed by atoms with van der Waals surface area (Å²) in [5.74, 6) is -0.331. The zero-order valence-corrected chi connectivity index (χ0v) is 20.5. The molecule has 0 spiro atoms. The monoisotopic (exact) mass is 487 g/mol. The second kappa shape index (κ2) is 9.87. The van der Waals surface area contributed by atoms with E-state index in [0.717, 1.165) is 10.5 Å². The number of nitrogens with zero attached hydrogens (tertiary/aromatic N) is 2. The highest BCUT2D eigenvalue weighted by Gasteiger charge is 2.33. The van der Waals surface area contributed by atoms with Crippen LogP contribution in [0.1, 0.15) is 32.3 Å². The minimum atomic E-state index is -3.71. The van der Waals surface area contributed by atoms with Crippen LogP contribution in [0.25, 0.3) is 0 Å². The molecular formula is C24H29N3O4S2. The van der Waals surface area contributed by atoms with Crippen molar-refractivity contribution in [3.63, 3.8) is 0 Å². The predicted octanol–water partition coefficient (Wildman–Crippen LogP) is 3.25. The molecule has 0 bridgehead atoms. The number of anilines is 1. The Kier molecular flexibility index (Phi) is 7.11. The second-order valence-corrected chi connectivity index (χ2v) is 12.0. The first-order chi connectivity index (χ1) is 15.8. The number of carbonyl (C=O) groups excluding carboxylic acids is 2. The summed E-state index contributed by atoms with van der Waals surface area (Å²) < 4.78 is 28.1. The molecular weight excluding hydrogens is 458 g/mol. The highest BCUT2D eigenvalue weighted by molar-refractivity contribution is 8.00. The maximum absolute atomic E-state index is 13.3. The Bertz CT molecular complexity index is 1130. The fourth-order valence-corrected chi connectivity index (χ4v) is 6.90. The molecule has 33 heavy (non-hydrogen) atoms. The van der Waals surface area contributed by atoms with E-state index in [4.69, 9.17) is 0 Å². The van der Waals surface area contributed by atoms with E-state index >= 15 is 0 Å². The maximum atomic E-state index is 13.3. The van der Waals surface area contributed by atoms with Crippen LogP contribution in [0.5, 0.6) is 0 Å². The van der Waals surface area contributed by atoms with Gasteiger partial charge in [-0.05, 0) is 36.6 Å². The standard InChI is InChI=1S/C24H29N3O4S2/c1-17-16-27(18(2)28)22-14-21(8-9-23(22)32-17)33(30,31)26-12-10-20(11-13-26)24(29)25-15-19-6-4-3-5-7-19/h3-9,14,17,20H,10-13,15-16H2,1-2H3,(H,25,29)/t17-/m1/s1. The van der Waals surface area contributed by atoms with E-state index in [2.05, 4.69) is 5.32 Å². The number of nitrogens with one attached hydrogen (secondary N) is 1. The first-order valence-electron chi connectivity index (χ1n) is 11.2. The number of hydrogen-bond acceptors (Lipinski definition) is 5. The highest BCUT2D eigenvalue weighted by Crippen LogP contribution is 2.40. The second-order valence-electron chi connectivity index (χ2n) is 8.57. The number of carbonyl (C=O) groups is 2. The summed E-state index contributed by atoms with van der Waals surface area (Å²) in [5.41, 5.74) is 1.69. The molecule has 2 aromatic rings. The van der Waals surface area contributed by atoms with Crippen LogP contribution >= 0.6 is 11.8 Å². The summed E-state index contributed by atoms with van der Waals surface area (Å²) in [7, 11) is -3.71. The summed E-state index contributed by atoms with van der Waals surface area (Å²) >= 11 is 1.65. The van der Waals surface area contributed by atoms with Gasteiger partial charge < -0.3 is 10.2 Å². The Morgan fingerprint density at radius 2 is 1.79 bits per heavy atom. The number of benzene rings is 2. The van der Waals surface area contributed by atoms with Crippen LogP contribution in [0.15, 0.2) is 58.3 Å². The van der Waals surface area contributed by atoms with Crippen LogP contribution in [-0.4, -0.2) is 49.4 Å². The van der Waals surface area contributed by atoms with Crippen molar-refractivity contribution in [1.82, 2.24) is 9.62 Å². The molecule has 4 rings (SSSR count). The van der Waals surface area contributed by atoms with Gasteiger partial charge in [0.25, 0.3) is 0 Å². The molecule has 0 aromatic heterocycles. The molecule has 2 heterocycles. The van der Waals surface area contributed by atoms with Crippen molar-refractivity contribution in [2.24, 2.45) is 5.92 Å². The minimum absolute atomic E-state index is 0.0343. The summed E-state index contributed by atoms with van der Waals surface area (Å²) in [6.07, 6.45) is 0.968. The smallest absolute Gasteiger partial charge is 0.243 e. The van der Waals surface area contributed by atoms with Crippen LogP contribution in [0.2, 0.25) is 0 Å². The summed E-state index contributed by atoms with van der Waals surface area (Å²) in [5, 5.41) is 3.21. The van der Waals surface area contributed by atoms with Crippen molar-refractivity contribution in [3.8, 4) is 0 Å². The number of fused-ring (bicyclic) bond motifs is 1. The fraction of sp³-hybridized carbons (Fsp3) is 0.417. The molecule has 0 saturated carbocycles. The average molecular weight is 488 g/mol. The van der Waals surface area contributed by atoms with Crippen LogP contribution in [0, 0.1) is 5.92 Å². The molecule has 2 aromatic carbocycles. The molecule has 1 fully saturated rings. The van der Waals surface area contributed by atoms with Gasteiger partial charge in [-0.3, -0.25) is 9.59 Å². The van der Waals surface area contributed by atoms with Gasteiger partial charge in [-0.2, -0.15) is 4.31 Å². The predicted molar refractivity (Wildman–Crippen MR) is 130 cm³/mol. The van der Waals surface area contributed by atoms with Gasteiger partial charge in [-0.1, -0.05) is 37.3 Å². The maximum Gasteiger partial charge on any atom is 0.243 e. The van der Waals surface area contributed by atoms with Gasteiger partial charge in [-0.25, -0.2) is 8.42 Å². The largest absolute Gasteiger partial charge is 0.352 e. The normalized spacial score (nSPS) is 19.7. The van der Waals surface area contributed by atoms with E-state index in [0.29, 0.717) is 44.7 Å². The van der Waals surface area contributed by atoms with Gasteiger partial charge >= 0.3 is 0 Å². The van der Waals surface area contributed by atoms with Gasteiger partial charge in [0.2, 0.25) is 21.8 Å². The van der Waals surface area contributed by atoms with E-state index in [-0.39, 0.29) is 27.9 Å². The molecule has 2 aliphatic heterocycles. The van der Waals surface area contributed by atoms with Crippen molar-refractivity contribution in [1.29, 1.82) is 0 Å². The Hall–Kier alpha value is -2.36. The lowest BCUT2D eigenvalue weighted by Crippen LogP contribution is -2.43. The molecule has 7 nitrogen and oxygen atoms in total. The van der Waals surface area contributed by atoms with Gasteiger partial charge in [0.05, 0.1) is 10.6 Å². The first-order valence-corrected chi connectivity index (χ1v) is 13.5. The Balaban J connectivity index is 1.41. The van der Waals surface area contributed by atoms with E-state index < -0.39 is 10.0 Å². The van der Waals surface area contributed by atoms with E-state index in [1.54, 1.807) is 34.9 Å². The van der Waals surface area contributed by atoms with E-state index in [9.17, 15) is 18.0 Å². The number of piperidine rings is 1. The van der Waals surface area contributed by atoms with E-state index in [1.807, 2.05) is 37.3 Å². The Labute approximate surface area is 199 Å². The molecule has 0 radical (unpaired) electrons. The van der Waals surface area contributed by atoms with Gasteiger partial charge in [0.15, 0.2) is 0 Å². The molecule has 1 N–H and O–H groups in total. The fourth-order valence-electron chi connectivity index (χ4n) is 4.31. The highest BCUT2D eigenvalue weighted by atomic mass is 32.2. The van der Waals surface area contributed by atoms with Crippen molar-refractivity contribution in [3.05, 3.63) is 54.1 Å². The average Bonchev–Trinajstić information content (AvgIpc) is 2.82. The first kappa shape index (κ1) is 23.8. The minimum Gasteiger partial charge on any atom is -0.352 e. The van der Waals surface area contributed by atoms with Crippen LogP contribution < -0.4 is 10.2 Å². The lowest BCUT2D eigenvalue weighted by atomic mass is 9.97. The molecule has 0 aliphatic carbocycles. The van der Waals surface area contributed by atoms with Crippen molar-refractivity contribution in [2.75, 3.05) is 24.5 Å².